The minimum Gasteiger partial charge on any atom is -0.385 e. The highest BCUT2D eigenvalue weighted by molar-refractivity contribution is 5.99. The average Bonchev–Trinajstić information content (AvgIpc) is 2.35. The number of urea groups is 1. The quantitative estimate of drug-likeness (QED) is 0.551. The van der Waals surface area contributed by atoms with Gasteiger partial charge < -0.3 is 21.7 Å². The van der Waals surface area contributed by atoms with Crippen molar-refractivity contribution in [2.75, 3.05) is 25.0 Å². The van der Waals surface area contributed by atoms with Gasteiger partial charge in [-0.15, -0.1) is 0 Å². The molecule has 0 saturated carbocycles. The van der Waals surface area contributed by atoms with Crippen LogP contribution in [0.3, 0.4) is 0 Å². The first-order valence-corrected chi connectivity index (χ1v) is 6.06. The second kappa shape index (κ2) is 7.20. The van der Waals surface area contributed by atoms with E-state index in [2.05, 4.69) is 20.9 Å². The molecule has 104 valence electrons. The molecule has 0 spiro atoms. The van der Waals surface area contributed by atoms with Gasteiger partial charge in [0.15, 0.2) is 0 Å². The van der Waals surface area contributed by atoms with Crippen LogP contribution in [0.2, 0.25) is 0 Å². The molecule has 1 rings (SSSR count). The number of aromatic nitrogens is 1. The third-order valence-electron chi connectivity index (χ3n) is 2.36. The maximum absolute atomic E-state index is 12.0. The van der Waals surface area contributed by atoms with E-state index < -0.39 is 6.03 Å². The van der Waals surface area contributed by atoms with E-state index in [-0.39, 0.29) is 12.5 Å². The predicted octanol–water partition coefficient (Wildman–Crippen LogP) is 0.220. The van der Waals surface area contributed by atoms with E-state index in [0.717, 1.165) is 11.4 Å². The Bertz CT molecular complexity index is 461. The summed E-state index contributed by atoms with van der Waals surface area (Å²) in [6.45, 7) is 5.12. The fourth-order valence-electron chi connectivity index (χ4n) is 1.53. The molecule has 0 aliphatic carbocycles. The average molecular weight is 265 g/mol. The number of hydrogen-bond donors (Lipinski definition) is 4. The number of carbonyl (C=O) groups excluding carboxylic acids is 2. The van der Waals surface area contributed by atoms with E-state index in [1.165, 1.54) is 6.20 Å². The van der Waals surface area contributed by atoms with Crippen molar-refractivity contribution in [2.45, 2.75) is 13.8 Å². The van der Waals surface area contributed by atoms with E-state index in [9.17, 15) is 9.59 Å². The lowest BCUT2D eigenvalue weighted by Crippen LogP contribution is -2.37. The zero-order chi connectivity index (χ0) is 14.3. The van der Waals surface area contributed by atoms with Crippen LogP contribution in [0.15, 0.2) is 12.3 Å². The number of nitrogens with zero attached hydrogens (tertiary/aromatic N) is 1. The molecule has 7 heteroatoms. The highest BCUT2D eigenvalue weighted by Crippen LogP contribution is 2.15. The van der Waals surface area contributed by atoms with Crippen molar-refractivity contribution < 1.29 is 9.59 Å². The molecule has 7 nitrogen and oxygen atoms in total. The van der Waals surface area contributed by atoms with E-state index in [1.54, 1.807) is 0 Å². The molecule has 3 amide bonds. The summed E-state index contributed by atoms with van der Waals surface area (Å²) in [6.07, 6.45) is 1.53. The molecule has 1 aromatic rings. The van der Waals surface area contributed by atoms with Crippen LogP contribution in [-0.4, -0.2) is 36.6 Å². The Morgan fingerprint density at radius 2 is 2.00 bits per heavy atom. The highest BCUT2D eigenvalue weighted by Gasteiger charge is 2.11. The van der Waals surface area contributed by atoms with Gasteiger partial charge in [-0.25, -0.2) is 4.79 Å². The summed E-state index contributed by atoms with van der Waals surface area (Å²) in [4.78, 5) is 26.5. The lowest BCUT2D eigenvalue weighted by molar-refractivity contribution is 0.0954. The minimum atomic E-state index is -0.611. The van der Waals surface area contributed by atoms with Gasteiger partial charge in [0.2, 0.25) is 0 Å². The van der Waals surface area contributed by atoms with E-state index >= 15 is 0 Å². The van der Waals surface area contributed by atoms with Crippen molar-refractivity contribution in [1.29, 1.82) is 0 Å². The summed E-state index contributed by atoms with van der Waals surface area (Å²) >= 11 is 0. The van der Waals surface area contributed by atoms with Crippen LogP contribution in [0, 0.1) is 6.92 Å². The van der Waals surface area contributed by atoms with Crippen molar-refractivity contribution in [3.8, 4) is 0 Å². The lowest BCUT2D eigenvalue weighted by atomic mass is 10.2. The molecule has 0 bridgehead atoms. The number of amides is 3. The standard InChI is InChI=1S/C12H19N5O2/c1-3-14-10-6-8(2)17-7-9(10)11(18)15-4-5-16-12(13)19/h6-7H,3-5H2,1-2H3,(H,14,17)(H,15,18)(H3,13,16,19). The van der Waals surface area contributed by atoms with E-state index in [0.29, 0.717) is 18.7 Å². The van der Waals surface area contributed by atoms with Gasteiger partial charge in [0.1, 0.15) is 0 Å². The first kappa shape index (κ1) is 14.7. The summed E-state index contributed by atoms with van der Waals surface area (Å²) in [7, 11) is 0. The smallest absolute Gasteiger partial charge is 0.312 e. The van der Waals surface area contributed by atoms with Crippen molar-refractivity contribution in [2.24, 2.45) is 5.73 Å². The van der Waals surface area contributed by atoms with Crippen LogP contribution in [0.4, 0.5) is 10.5 Å². The number of carbonyl (C=O) groups is 2. The molecule has 0 saturated heterocycles. The van der Waals surface area contributed by atoms with Gasteiger partial charge in [0.25, 0.3) is 5.91 Å². The third-order valence-corrected chi connectivity index (χ3v) is 2.36. The predicted molar refractivity (Wildman–Crippen MR) is 73.1 cm³/mol. The van der Waals surface area contributed by atoms with Gasteiger partial charge in [-0.3, -0.25) is 9.78 Å². The Kier molecular flexibility index (Phi) is 5.59. The molecule has 1 heterocycles. The van der Waals surface area contributed by atoms with Crippen molar-refractivity contribution in [1.82, 2.24) is 15.6 Å². The number of pyridine rings is 1. The summed E-state index contributed by atoms with van der Waals surface area (Å²) in [5, 5.41) is 8.19. The first-order chi connectivity index (χ1) is 9.04. The van der Waals surface area contributed by atoms with E-state index in [4.69, 9.17) is 5.73 Å². The Balaban J connectivity index is 2.63. The molecular formula is C12H19N5O2. The van der Waals surface area contributed by atoms with Gasteiger partial charge in [0, 0.05) is 31.5 Å². The van der Waals surface area contributed by atoms with Gasteiger partial charge >= 0.3 is 6.03 Å². The monoisotopic (exact) mass is 265 g/mol. The van der Waals surface area contributed by atoms with Gasteiger partial charge in [0.05, 0.1) is 11.3 Å². The maximum Gasteiger partial charge on any atom is 0.312 e. The summed E-state index contributed by atoms with van der Waals surface area (Å²) in [6, 6.07) is 1.21. The zero-order valence-corrected chi connectivity index (χ0v) is 11.1. The first-order valence-electron chi connectivity index (χ1n) is 6.06. The van der Waals surface area contributed by atoms with Crippen LogP contribution in [0.5, 0.6) is 0 Å². The number of primary amides is 1. The Hall–Kier alpha value is -2.31. The number of hydrogen-bond acceptors (Lipinski definition) is 4. The molecule has 0 aliphatic rings. The molecule has 0 fully saturated rings. The van der Waals surface area contributed by atoms with Crippen LogP contribution in [0.25, 0.3) is 0 Å². The van der Waals surface area contributed by atoms with Crippen molar-refractivity contribution in [3.63, 3.8) is 0 Å². The van der Waals surface area contributed by atoms with Crippen molar-refractivity contribution >= 4 is 17.6 Å². The molecule has 0 atom stereocenters. The molecule has 5 N–H and O–H groups in total. The Morgan fingerprint density at radius 3 is 2.63 bits per heavy atom. The third kappa shape index (κ3) is 4.82. The van der Waals surface area contributed by atoms with Crippen LogP contribution < -0.4 is 21.7 Å². The Labute approximate surface area is 112 Å². The normalized spacial score (nSPS) is 9.79. The maximum atomic E-state index is 12.0. The largest absolute Gasteiger partial charge is 0.385 e. The summed E-state index contributed by atoms with van der Waals surface area (Å²) in [5.74, 6) is -0.241. The molecule has 19 heavy (non-hydrogen) atoms. The van der Waals surface area contributed by atoms with Crippen LogP contribution >= 0.6 is 0 Å². The van der Waals surface area contributed by atoms with E-state index in [1.807, 2.05) is 19.9 Å². The zero-order valence-electron chi connectivity index (χ0n) is 11.1. The molecular weight excluding hydrogens is 246 g/mol. The second-order valence-electron chi connectivity index (χ2n) is 3.95. The summed E-state index contributed by atoms with van der Waals surface area (Å²) < 4.78 is 0. The topological polar surface area (TPSA) is 109 Å². The van der Waals surface area contributed by atoms with Crippen molar-refractivity contribution in [3.05, 3.63) is 23.5 Å². The Morgan fingerprint density at radius 1 is 1.32 bits per heavy atom. The molecule has 1 aromatic heterocycles. The summed E-state index contributed by atoms with van der Waals surface area (Å²) in [5.41, 5.74) is 6.98. The van der Waals surface area contributed by atoms with Gasteiger partial charge in [-0.05, 0) is 19.9 Å². The molecule has 0 unspecified atom stereocenters. The number of aryl methyl sites for hydroxylation is 1. The number of nitrogens with two attached hydrogens (primary N) is 1. The van der Waals surface area contributed by atoms with Crippen LogP contribution in [-0.2, 0) is 0 Å². The SMILES string of the molecule is CCNc1cc(C)ncc1C(=O)NCCNC(N)=O. The molecule has 0 radical (unpaired) electrons. The minimum absolute atomic E-state index is 0.241. The number of rotatable bonds is 6. The molecule has 0 aliphatic heterocycles. The number of nitrogens with one attached hydrogen (secondary N) is 3. The molecule has 0 aromatic carbocycles. The fourth-order valence-corrected chi connectivity index (χ4v) is 1.53. The van der Waals surface area contributed by atoms with Crippen LogP contribution in [0.1, 0.15) is 23.0 Å². The number of anilines is 1. The fraction of sp³-hybridized carbons (Fsp3) is 0.417. The van der Waals surface area contributed by atoms with Gasteiger partial charge in [-0.2, -0.15) is 0 Å². The lowest BCUT2D eigenvalue weighted by Gasteiger charge is -2.11. The second-order valence-corrected chi connectivity index (χ2v) is 3.95. The van der Waals surface area contributed by atoms with Gasteiger partial charge in [-0.1, -0.05) is 0 Å². The highest BCUT2D eigenvalue weighted by atomic mass is 16.2.